The molecule has 0 bridgehead atoms. The van der Waals surface area contributed by atoms with E-state index in [-0.39, 0.29) is 12.5 Å². The van der Waals surface area contributed by atoms with Crippen molar-refractivity contribution >= 4 is 27.5 Å². The summed E-state index contributed by atoms with van der Waals surface area (Å²) in [7, 11) is 0. The van der Waals surface area contributed by atoms with Crippen LogP contribution in [0.15, 0.2) is 22.7 Å². The molecule has 2 N–H and O–H groups in total. The molecule has 6 heteroatoms. The van der Waals surface area contributed by atoms with Gasteiger partial charge in [0.2, 0.25) is 5.91 Å². The summed E-state index contributed by atoms with van der Waals surface area (Å²) in [6, 6.07) is 7.41. The van der Waals surface area contributed by atoms with Crippen molar-refractivity contribution in [3.63, 3.8) is 0 Å². The van der Waals surface area contributed by atoms with E-state index >= 15 is 0 Å². The highest BCUT2D eigenvalue weighted by atomic mass is 79.9. The second-order valence-corrected chi connectivity index (χ2v) is 5.24. The SMILES string of the molecule is N#Cc1cc(Br)cc(NCC(=O)N2CCNCC2)c1. The van der Waals surface area contributed by atoms with Gasteiger partial charge in [0.1, 0.15) is 0 Å². The highest BCUT2D eigenvalue weighted by molar-refractivity contribution is 9.10. The highest BCUT2D eigenvalue weighted by Gasteiger charge is 2.15. The van der Waals surface area contributed by atoms with E-state index in [9.17, 15) is 4.79 Å². The summed E-state index contributed by atoms with van der Waals surface area (Å²) < 4.78 is 0.823. The zero-order chi connectivity index (χ0) is 13.7. The van der Waals surface area contributed by atoms with Crippen molar-refractivity contribution in [1.29, 1.82) is 5.26 Å². The van der Waals surface area contributed by atoms with Gasteiger partial charge in [-0.2, -0.15) is 5.26 Å². The van der Waals surface area contributed by atoms with Gasteiger partial charge in [-0.05, 0) is 18.2 Å². The van der Waals surface area contributed by atoms with Crippen LogP contribution < -0.4 is 10.6 Å². The fourth-order valence-corrected chi connectivity index (χ4v) is 2.45. The number of hydrogen-bond acceptors (Lipinski definition) is 4. The Bertz CT molecular complexity index is 506. The van der Waals surface area contributed by atoms with Crippen LogP contribution in [0.5, 0.6) is 0 Å². The molecule has 19 heavy (non-hydrogen) atoms. The van der Waals surface area contributed by atoms with Crippen LogP contribution in [0.3, 0.4) is 0 Å². The lowest BCUT2D eigenvalue weighted by Crippen LogP contribution is -2.48. The highest BCUT2D eigenvalue weighted by Crippen LogP contribution is 2.19. The molecule has 1 fully saturated rings. The number of nitriles is 1. The third-order valence-corrected chi connectivity index (χ3v) is 3.40. The van der Waals surface area contributed by atoms with Gasteiger partial charge in [0, 0.05) is 36.3 Å². The van der Waals surface area contributed by atoms with Gasteiger partial charge in [0.05, 0.1) is 18.2 Å². The van der Waals surface area contributed by atoms with Crippen molar-refractivity contribution in [2.45, 2.75) is 0 Å². The van der Waals surface area contributed by atoms with Crippen molar-refractivity contribution in [2.24, 2.45) is 0 Å². The Hall–Kier alpha value is -1.58. The van der Waals surface area contributed by atoms with E-state index in [1.165, 1.54) is 0 Å². The Morgan fingerprint density at radius 1 is 1.42 bits per heavy atom. The normalized spacial score (nSPS) is 14.8. The van der Waals surface area contributed by atoms with Gasteiger partial charge in [-0.1, -0.05) is 15.9 Å². The number of nitrogens with zero attached hydrogens (tertiary/aromatic N) is 2. The third kappa shape index (κ3) is 3.94. The molecule has 0 atom stereocenters. The molecule has 1 amide bonds. The van der Waals surface area contributed by atoms with Crippen LogP contribution >= 0.6 is 15.9 Å². The summed E-state index contributed by atoms with van der Waals surface area (Å²) in [6.07, 6.45) is 0. The summed E-state index contributed by atoms with van der Waals surface area (Å²) in [5.74, 6) is 0.0833. The summed E-state index contributed by atoms with van der Waals surface area (Å²) >= 11 is 3.34. The lowest BCUT2D eigenvalue weighted by Gasteiger charge is -2.27. The smallest absolute Gasteiger partial charge is 0.241 e. The molecule has 1 aromatic rings. The number of halogens is 1. The van der Waals surface area contributed by atoms with Crippen LogP contribution in [0, 0.1) is 11.3 Å². The van der Waals surface area contributed by atoms with Gasteiger partial charge in [0.25, 0.3) is 0 Å². The topological polar surface area (TPSA) is 68.2 Å². The van der Waals surface area contributed by atoms with Gasteiger partial charge in [-0.3, -0.25) is 4.79 Å². The molecule has 5 nitrogen and oxygen atoms in total. The first-order valence-electron chi connectivity index (χ1n) is 6.12. The molecule has 1 saturated heterocycles. The first-order valence-corrected chi connectivity index (χ1v) is 6.91. The summed E-state index contributed by atoms with van der Waals surface area (Å²) in [4.78, 5) is 13.8. The Morgan fingerprint density at radius 3 is 2.84 bits per heavy atom. The number of hydrogen-bond donors (Lipinski definition) is 2. The number of piperazine rings is 1. The van der Waals surface area contributed by atoms with E-state index in [1.54, 1.807) is 12.1 Å². The Kier molecular flexibility index (Phi) is 4.77. The molecule has 1 heterocycles. The molecule has 100 valence electrons. The number of benzene rings is 1. The molecular formula is C13H15BrN4O. The Balaban J connectivity index is 1.93. The number of amides is 1. The minimum Gasteiger partial charge on any atom is -0.376 e. The van der Waals surface area contributed by atoms with Crippen LogP contribution in [-0.2, 0) is 4.79 Å². The van der Waals surface area contributed by atoms with Gasteiger partial charge < -0.3 is 15.5 Å². The molecule has 0 spiro atoms. The zero-order valence-corrected chi connectivity index (χ0v) is 12.0. The fraction of sp³-hybridized carbons (Fsp3) is 0.385. The predicted molar refractivity (Wildman–Crippen MR) is 76.8 cm³/mol. The van der Waals surface area contributed by atoms with Crippen molar-refractivity contribution in [2.75, 3.05) is 38.0 Å². The number of rotatable bonds is 3. The van der Waals surface area contributed by atoms with Gasteiger partial charge in [0.15, 0.2) is 0 Å². The van der Waals surface area contributed by atoms with Crippen molar-refractivity contribution in [3.05, 3.63) is 28.2 Å². The molecule has 0 saturated carbocycles. The number of anilines is 1. The van der Waals surface area contributed by atoms with Gasteiger partial charge >= 0.3 is 0 Å². The molecule has 1 aliphatic heterocycles. The van der Waals surface area contributed by atoms with Crippen LogP contribution in [0.2, 0.25) is 0 Å². The number of carbonyl (C=O) groups excluding carboxylic acids is 1. The van der Waals surface area contributed by atoms with E-state index < -0.39 is 0 Å². The van der Waals surface area contributed by atoms with E-state index in [1.807, 2.05) is 11.0 Å². The van der Waals surface area contributed by atoms with Crippen molar-refractivity contribution in [1.82, 2.24) is 10.2 Å². The maximum Gasteiger partial charge on any atom is 0.241 e. The second kappa shape index (κ2) is 6.55. The maximum atomic E-state index is 12.0. The fourth-order valence-electron chi connectivity index (χ4n) is 1.96. The molecule has 1 aromatic carbocycles. The maximum absolute atomic E-state index is 12.0. The predicted octanol–water partition coefficient (Wildman–Crippen LogP) is 1.16. The van der Waals surface area contributed by atoms with E-state index in [4.69, 9.17) is 5.26 Å². The summed E-state index contributed by atoms with van der Waals surface area (Å²) in [6.45, 7) is 3.45. The summed E-state index contributed by atoms with van der Waals surface area (Å²) in [5.41, 5.74) is 1.33. The monoisotopic (exact) mass is 322 g/mol. The Labute approximate surface area is 120 Å². The lowest BCUT2D eigenvalue weighted by atomic mass is 10.2. The van der Waals surface area contributed by atoms with E-state index in [0.717, 1.165) is 36.3 Å². The zero-order valence-electron chi connectivity index (χ0n) is 10.4. The average Bonchev–Trinajstić information content (AvgIpc) is 2.45. The average molecular weight is 323 g/mol. The molecule has 0 radical (unpaired) electrons. The van der Waals surface area contributed by atoms with Crippen LogP contribution in [-0.4, -0.2) is 43.5 Å². The number of nitrogens with one attached hydrogen (secondary N) is 2. The van der Waals surface area contributed by atoms with Gasteiger partial charge in [-0.15, -0.1) is 0 Å². The van der Waals surface area contributed by atoms with Crippen molar-refractivity contribution < 1.29 is 4.79 Å². The standard InChI is InChI=1S/C13H15BrN4O/c14-11-5-10(8-15)6-12(7-11)17-9-13(19)18-3-1-16-2-4-18/h5-7,16-17H,1-4,9H2. The van der Waals surface area contributed by atoms with Crippen LogP contribution in [0.25, 0.3) is 0 Å². The second-order valence-electron chi connectivity index (χ2n) is 4.32. The summed E-state index contributed by atoms with van der Waals surface area (Å²) in [5, 5.41) is 15.2. The molecular weight excluding hydrogens is 308 g/mol. The molecule has 2 rings (SSSR count). The first kappa shape index (κ1) is 13.8. The molecule has 0 unspecified atom stereocenters. The molecule has 1 aliphatic rings. The third-order valence-electron chi connectivity index (χ3n) is 2.94. The minimum absolute atomic E-state index is 0.0833. The quantitative estimate of drug-likeness (QED) is 0.876. The van der Waals surface area contributed by atoms with Gasteiger partial charge in [-0.25, -0.2) is 0 Å². The lowest BCUT2D eigenvalue weighted by molar-refractivity contribution is -0.129. The molecule has 0 aromatic heterocycles. The first-order chi connectivity index (χ1) is 9.19. The van der Waals surface area contributed by atoms with E-state index in [2.05, 4.69) is 32.6 Å². The largest absolute Gasteiger partial charge is 0.376 e. The van der Waals surface area contributed by atoms with Crippen LogP contribution in [0.4, 0.5) is 5.69 Å². The van der Waals surface area contributed by atoms with Crippen molar-refractivity contribution in [3.8, 4) is 6.07 Å². The van der Waals surface area contributed by atoms with E-state index in [0.29, 0.717) is 5.56 Å². The minimum atomic E-state index is 0.0833. The Morgan fingerprint density at radius 2 is 2.16 bits per heavy atom. The molecule has 0 aliphatic carbocycles. The number of carbonyl (C=O) groups is 1. The van der Waals surface area contributed by atoms with Crippen LogP contribution in [0.1, 0.15) is 5.56 Å².